The van der Waals surface area contributed by atoms with Gasteiger partial charge in [-0.3, -0.25) is 4.72 Å². The fraction of sp³-hybridized carbons (Fsp3) is 0.400. The van der Waals surface area contributed by atoms with Crippen LogP contribution in [0.4, 0.5) is 14.5 Å². The lowest BCUT2D eigenvalue weighted by Gasteiger charge is -2.20. The fourth-order valence-corrected chi connectivity index (χ4v) is 4.49. The lowest BCUT2D eigenvalue weighted by molar-refractivity contribution is 0.501. The maximum absolute atomic E-state index is 14.5. The summed E-state index contributed by atoms with van der Waals surface area (Å²) in [6.45, 7) is 6.15. The maximum atomic E-state index is 14.5. The van der Waals surface area contributed by atoms with Crippen molar-refractivity contribution in [1.29, 1.82) is 0 Å². The number of anilines is 1. The second-order valence-corrected chi connectivity index (χ2v) is 10.3. The summed E-state index contributed by atoms with van der Waals surface area (Å²) in [6, 6.07) is 7.65. The highest BCUT2D eigenvalue weighted by Gasteiger charge is 2.36. The third-order valence-electron chi connectivity index (χ3n) is 4.70. The Kier molecular flexibility index (Phi) is 5.25. The molecule has 1 aliphatic carbocycles. The van der Waals surface area contributed by atoms with Crippen LogP contribution in [0, 0.1) is 11.6 Å². The van der Waals surface area contributed by atoms with Crippen LogP contribution in [-0.4, -0.2) is 13.7 Å². The van der Waals surface area contributed by atoms with E-state index in [4.69, 9.17) is 11.6 Å². The van der Waals surface area contributed by atoms with Gasteiger partial charge in [-0.1, -0.05) is 44.5 Å². The molecule has 0 radical (unpaired) electrons. The molecule has 2 aromatic rings. The molecule has 0 saturated heterocycles. The predicted octanol–water partition coefficient (Wildman–Crippen LogP) is 5.41. The van der Waals surface area contributed by atoms with Crippen molar-refractivity contribution in [2.75, 3.05) is 4.72 Å². The molecule has 2 aromatic carbocycles. The second-order valence-electron chi connectivity index (χ2n) is 7.97. The van der Waals surface area contributed by atoms with E-state index in [1.165, 1.54) is 6.07 Å². The number of nitrogens with one attached hydrogen (secondary N) is 1. The van der Waals surface area contributed by atoms with E-state index in [0.717, 1.165) is 11.6 Å². The van der Waals surface area contributed by atoms with E-state index in [-0.39, 0.29) is 23.1 Å². The molecule has 0 aromatic heterocycles. The van der Waals surface area contributed by atoms with Crippen molar-refractivity contribution >= 4 is 27.3 Å². The number of hydrogen-bond acceptors (Lipinski definition) is 2. The van der Waals surface area contributed by atoms with Crippen LogP contribution >= 0.6 is 11.6 Å². The topological polar surface area (TPSA) is 46.2 Å². The summed E-state index contributed by atoms with van der Waals surface area (Å²) in [7, 11) is -3.59. The Labute approximate surface area is 163 Å². The molecule has 0 heterocycles. The van der Waals surface area contributed by atoms with Crippen LogP contribution < -0.4 is 4.72 Å². The molecule has 3 rings (SSSR count). The van der Waals surface area contributed by atoms with Crippen molar-refractivity contribution < 1.29 is 17.2 Å². The van der Waals surface area contributed by atoms with E-state index in [2.05, 4.69) is 25.5 Å². The average molecular weight is 414 g/mol. The van der Waals surface area contributed by atoms with Crippen molar-refractivity contribution in [2.24, 2.45) is 0 Å². The molecule has 7 heteroatoms. The van der Waals surface area contributed by atoms with Gasteiger partial charge in [0.25, 0.3) is 0 Å². The number of hydrogen-bond donors (Lipinski definition) is 1. The highest BCUT2D eigenvalue weighted by Crippen LogP contribution is 2.34. The molecule has 1 saturated carbocycles. The fourth-order valence-electron chi connectivity index (χ4n) is 2.82. The molecular weight excluding hydrogens is 392 g/mol. The van der Waals surface area contributed by atoms with Crippen molar-refractivity contribution in [2.45, 2.75) is 50.7 Å². The Hall–Kier alpha value is -1.66. The Morgan fingerprint density at radius 3 is 2.37 bits per heavy atom. The normalized spacial score (nSPS) is 15.0. The first-order valence-corrected chi connectivity index (χ1v) is 10.7. The predicted molar refractivity (Wildman–Crippen MR) is 105 cm³/mol. The molecular formula is C20H22ClF2NO2S. The van der Waals surface area contributed by atoms with Crippen molar-refractivity contribution in [3.63, 3.8) is 0 Å². The zero-order chi connectivity index (χ0) is 20.0. The van der Waals surface area contributed by atoms with Gasteiger partial charge in [-0.2, -0.15) is 0 Å². The van der Waals surface area contributed by atoms with Crippen LogP contribution in [0.3, 0.4) is 0 Å². The Balaban J connectivity index is 1.98. The molecule has 0 aliphatic heterocycles. The molecule has 0 bridgehead atoms. The minimum atomic E-state index is -3.59. The number of benzene rings is 2. The average Bonchev–Trinajstić information content (AvgIpc) is 3.40. The van der Waals surface area contributed by atoms with Gasteiger partial charge in [-0.25, -0.2) is 17.2 Å². The van der Waals surface area contributed by atoms with E-state index >= 15 is 0 Å². The zero-order valence-electron chi connectivity index (χ0n) is 15.4. The second kappa shape index (κ2) is 7.06. The van der Waals surface area contributed by atoms with Gasteiger partial charge in [-0.05, 0) is 47.6 Å². The third kappa shape index (κ3) is 4.43. The summed E-state index contributed by atoms with van der Waals surface area (Å²) in [5, 5.41) is -0.0322. The summed E-state index contributed by atoms with van der Waals surface area (Å²) in [6.07, 6.45) is 1.14. The molecule has 0 atom stereocenters. The quantitative estimate of drug-likeness (QED) is 0.712. The van der Waals surface area contributed by atoms with E-state index in [9.17, 15) is 17.2 Å². The summed E-state index contributed by atoms with van der Waals surface area (Å²) in [5.74, 6) is -2.09. The lowest BCUT2D eigenvalue weighted by atomic mass is 9.86. The van der Waals surface area contributed by atoms with E-state index in [1.54, 1.807) is 6.07 Å². The molecule has 0 spiro atoms. The third-order valence-corrected chi connectivity index (χ3v) is 6.90. The standard InChI is InChI=1S/C20H22ClF2NO2S/c1-20(2,3)13-5-4-12(16(21)11-13)10-15-18(9-8-17(22)19(15)23)24-27(25,26)14-6-7-14/h4-5,8-9,11,14,24H,6-7,10H2,1-3H3. The maximum Gasteiger partial charge on any atom is 0.235 e. The van der Waals surface area contributed by atoms with Gasteiger partial charge in [0, 0.05) is 17.0 Å². The van der Waals surface area contributed by atoms with Crippen molar-refractivity contribution in [3.05, 3.63) is 63.7 Å². The Bertz CT molecular complexity index is 980. The van der Waals surface area contributed by atoms with E-state index < -0.39 is 26.9 Å². The van der Waals surface area contributed by atoms with Crippen LogP contribution in [-0.2, 0) is 21.9 Å². The van der Waals surface area contributed by atoms with Gasteiger partial charge in [0.15, 0.2) is 11.6 Å². The molecule has 3 nitrogen and oxygen atoms in total. The monoisotopic (exact) mass is 413 g/mol. The van der Waals surface area contributed by atoms with Crippen molar-refractivity contribution in [1.82, 2.24) is 0 Å². The first-order valence-electron chi connectivity index (χ1n) is 8.76. The number of halogens is 3. The largest absolute Gasteiger partial charge is 0.283 e. The van der Waals surface area contributed by atoms with Crippen LogP contribution in [0.1, 0.15) is 50.3 Å². The first kappa shape index (κ1) is 20.1. The highest BCUT2D eigenvalue weighted by molar-refractivity contribution is 7.93. The summed E-state index contributed by atoms with van der Waals surface area (Å²) in [4.78, 5) is 0. The molecule has 27 heavy (non-hydrogen) atoms. The Morgan fingerprint density at radius 2 is 1.81 bits per heavy atom. The Morgan fingerprint density at radius 1 is 1.15 bits per heavy atom. The first-order chi connectivity index (χ1) is 12.5. The number of rotatable bonds is 5. The highest BCUT2D eigenvalue weighted by atomic mass is 35.5. The lowest BCUT2D eigenvalue weighted by Crippen LogP contribution is -2.19. The SMILES string of the molecule is CC(C)(C)c1ccc(Cc2c(NS(=O)(=O)C3CC3)ccc(F)c2F)c(Cl)c1. The van der Waals surface area contributed by atoms with Crippen LogP contribution in [0.2, 0.25) is 5.02 Å². The minimum absolute atomic E-state index is 0.0185. The molecule has 1 N–H and O–H groups in total. The zero-order valence-corrected chi connectivity index (χ0v) is 17.0. The van der Waals surface area contributed by atoms with Crippen LogP contribution in [0.15, 0.2) is 30.3 Å². The molecule has 146 valence electrons. The van der Waals surface area contributed by atoms with Gasteiger partial charge in [0.1, 0.15) is 0 Å². The van der Waals surface area contributed by atoms with Gasteiger partial charge < -0.3 is 0 Å². The smallest absolute Gasteiger partial charge is 0.235 e. The van der Waals surface area contributed by atoms with Crippen LogP contribution in [0.25, 0.3) is 0 Å². The summed E-state index contributed by atoms with van der Waals surface area (Å²) >= 11 is 6.37. The van der Waals surface area contributed by atoms with E-state index in [1.807, 2.05) is 12.1 Å². The van der Waals surface area contributed by atoms with Crippen LogP contribution in [0.5, 0.6) is 0 Å². The van der Waals surface area contributed by atoms with Crippen molar-refractivity contribution in [3.8, 4) is 0 Å². The van der Waals surface area contributed by atoms with Gasteiger partial charge in [0.05, 0.1) is 10.9 Å². The van der Waals surface area contributed by atoms with E-state index in [0.29, 0.717) is 23.4 Å². The molecule has 0 amide bonds. The van der Waals surface area contributed by atoms with Gasteiger partial charge in [0.2, 0.25) is 10.0 Å². The van der Waals surface area contributed by atoms with Gasteiger partial charge in [-0.15, -0.1) is 0 Å². The van der Waals surface area contributed by atoms with Gasteiger partial charge >= 0.3 is 0 Å². The summed E-state index contributed by atoms with van der Waals surface area (Å²) in [5.41, 5.74) is 1.52. The molecule has 1 fully saturated rings. The minimum Gasteiger partial charge on any atom is -0.283 e. The number of sulfonamides is 1. The summed E-state index contributed by atoms with van der Waals surface area (Å²) < 4.78 is 55.2. The molecule has 0 unspecified atom stereocenters. The molecule has 1 aliphatic rings.